The van der Waals surface area contributed by atoms with Gasteiger partial charge in [0.25, 0.3) is 0 Å². The van der Waals surface area contributed by atoms with Crippen molar-refractivity contribution in [2.24, 2.45) is 5.92 Å². The molecule has 1 aliphatic carbocycles. The monoisotopic (exact) mass is 225 g/mol. The Labute approximate surface area is 98.2 Å². The van der Waals surface area contributed by atoms with Gasteiger partial charge >= 0.3 is 0 Å². The van der Waals surface area contributed by atoms with Crippen LogP contribution in [-0.4, -0.2) is 30.9 Å². The maximum absolute atomic E-state index is 9.59. The molecule has 0 amide bonds. The van der Waals surface area contributed by atoms with Gasteiger partial charge in [0.2, 0.25) is 0 Å². The predicted octanol–water partition coefficient (Wildman–Crippen LogP) is 2.41. The Morgan fingerprint density at radius 2 is 2.25 bits per heavy atom. The fourth-order valence-corrected chi connectivity index (χ4v) is 1.93. The van der Waals surface area contributed by atoms with Crippen LogP contribution in [0.25, 0.3) is 0 Å². The Morgan fingerprint density at radius 3 is 2.75 bits per heavy atom. The van der Waals surface area contributed by atoms with E-state index in [-0.39, 0.29) is 5.60 Å². The van der Waals surface area contributed by atoms with E-state index in [0.29, 0.717) is 18.3 Å². The number of aliphatic hydroxyl groups is 1. The molecule has 3 nitrogen and oxygen atoms in total. The zero-order valence-electron chi connectivity index (χ0n) is 10.7. The van der Waals surface area contributed by atoms with Crippen LogP contribution in [0, 0.1) is 5.92 Å². The van der Waals surface area contributed by atoms with Crippen molar-refractivity contribution in [2.45, 2.75) is 32.8 Å². The third-order valence-electron chi connectivity index (χ3n) is 3.20. The summed E-state index contributed by atoms with van der Waals surface area (Å²) in [5, 5.41) is 12.7. The van der Waals surface area contributed by atoms with Gasteiger partial charge in [0, 0.05) is 13.0 Å². The average molecular weight is 225 g/mol. The molecular weight excluding hydrogens is 202 g/mol. The van der Waals surface area contributed by atoms with E-state index in [9.17, 15) is 5.11 Å². The highest BCUT2D eigenvalue weighted by Gasteiger charge is 2.34. The Balaban J connectivity index is 2.73. The predicted molar refractivity (Wildman–Crippen MR) is 66.5 cm³/mol. The minimum absolute atomic E-state index is 0.257. The van der Waals surface area contributed by atoms with Crippen LogP contribution >= 0.6 is 0 Å². The van der Waals surface area contributed by atoms with E-state index in [1.807, 2.05) is 20.0 Å². The molecule has 2 N–H and O–H groups in total. The molecule has 0 heterocycles. The van der Waals surface area contributed by atoms with Crippen molar-refractivity contribution >= 4 is 0 Å². The van der Waals surface area contributed by atoms with Crippen LogP contribution in [0.4, 0.5) is 0 Å². The van der Waals surface area contributed by atoms with E-state index < -0.39 is 0 Å². The molecule has 1 aliphatic rings. The van der Waals surface area contributed by atoms with Gasteiger partial charge in [-0.2, -0.15) is 0 Å². The van der Waals surface area contributed by atoms with Crippen molar-refractivity contribution in [3.63, 3.8) is 0 Å². The normalized spacial score (nSPS) is 25.6. The lowest BCUT2D eigenvalue weighted by molar-refractivity contribution is -0.0406. The number of aliphatic hydroxyl groups excluding tert-OH is 1. The Morgan fingerprint density at radius 1 is 1.56 bits per heavy atom. The van der Waals surface area contributed by atoms with Crippen molar-refractivity contribution < 1.29 is 9.84 Å². The van der Waals surface area contributed by atoms with Gasteiger partial charge in [-0.3, -0.25) is 0 Å². The zero-order valence-corrected chi connectivity index (χ0v) is 10.7. The average Bonchev–Trinajstić information content (AvgIpc) is 2.23. The quantitative estimate of drug-likeness (QED) is 0.706. The van der Waals surface area contributed by atoms with Gasteiger partial charge in [-0.1, -0.05) is 13.8 Å². The molecule has 0 bridgehead atoms. The number of ether oxygens (including phenoxy) is 1. The van der Waals surface area contributed by atoms with Gasteiger partial charge in [0.05, 0.1) is 12.2 Å². The zero-order chi connectivity index (χ0) is 12.2. The summed E-state index contributed by atoms with van der Waals surface area (Å²) in [6.07, 6.45) is 4.53. The molecule has 1 rings (SSSR count). The van der Waals surface area contributed by atoms with Crippen LogP contribution in [-0.2, 0) is 4.74 Å². The van der Waals surface area contributed by atoms with E-state index >= 15 is 0 Å². The summed E-state index contributed by atoms with van der Waals surface area (Å²) in [6.45, 7) is 7.79. The molecule has 1 atom stereocenters. The summed E-state index contributed by atoms with van der Waals surface area (Å²) in [5.74, 6) is 0.775. The molecule has 16 heavy (non-hydrogen) atoms. The SMILES string of the molecule is CNCCOC1(C(C)C)C=CC(O)=C(C)C1. The minimum atomic E-state index is -0.257. The van der Waals surface area contributed by atoms with Gasteiger partial charge in [0.1, 0.15) is 5.76 Å². The van der Waals surface area contributed by atoms with Crippen molar-refractivity contribution in [2.75, 3.05) is 20.2 Å². The van der Waals surface area contributed by atoms with Crippen LogP contribution < -0.4 is 5.32 Å². The maximum atomic E-state index is 9.59. The lowest BCUT2D eigenvalue weighted by Gasteiger charge is -2.37. The second-order valence-electron chi connectivity index (χ2n) is 4.74. The molecule has 1 unspecified atom stereocenters. The first-order chi connectivity index (χ1) is 7.52. The molecule has 0 radical (unpaired) electrons. The molecule has 0 aromatic rings. The second kappa shape index (κ2) is 5.51. The Bertz CT molecular complexity index is 294. The number of hydrogen-bond acceptors (Lipinski definition) is 3. The van der Waals surface area contributed by atoms with Crippen LogP contribution in [0.15, 0.2) is 23.5 Å². The minimum Gasteiger partial charge on any atom is -0.508 e. The summed E-state index contributed by atoms with van der Waals surface area (Å²) >= 11 is 0. The molecule has 0 aromatic heterocycles. The van der Waals surface area contributed by atoms with Gasteiger partial charge in [-0.15, -0.1) is 0 Å². The summed E-state index contributed by atoms with van der Waals surface area (Å²) in [5.41, 5.74) is 0.744. The van der Waals surface area contributed by atoms with Crippen LogP contribution in [0.3, 0.4) is 0 Å². The van der Waals surface area contributed by atoms with Crippen LogP contribution in [0.2, 0.25) is 0 Å². The van der Waals surface area contributed by atoms with Gasteiger partial charge in [-0.25, -0.2) is 0 Å². The number of rotatable bonds is 5. The molecule has 0 aromatic carbocycles. The fourth-order valence-electron chi connectivity index (χ4n) is 1.93. The number of allylic oxidation sites excluding steroid dienone is 1. The summed E-state index contributed by atoms with van der Waals surface area (Å²) in [7, 11) is 1.92. The first-order valence-corrected chi connectivity index (χ1v) is 5.88. The summed E-state index contributed by atoms with van der Waals surface area (Å²) in [6, 6.07) is 0. The standard InChI is InChI=1S/C13H23NO2/c1-10(2)13(16-8-7-14-4)6-5-12(15)11(3)9-13/h5-6,10,14-15H,7-9H2,1-4H3. The lowest BCUT2D eigenvalue weighted by atomic mass is 9.81. The molecular formula is C13H23NO2. The third-order valence-corrected chi connectivity index (χ3v) is 3.20. The molecule has 0 aliphatic heterocycles. The Kier molecular flexibility index (Phi) is 4.56. The number of hydrogen-bond donors (Lipinski definition) is 2. The van der Waals surface area contributed by atoms with Crippen molar-refractivity contribution in [1.82, 2.24) is 5.32 Å². The Hall–Kier alpha value is -0.800. The first kappa shape index (κ1) is 13.3. The van der Waals surface area contributed by atoms with E-state index in [1.165, 1.54) is 0 Å². The third kappa shape index (κ3) is 2.86. The van der Waals surface area contributed by atoms with Gasteiger partial charge < -0.3 is 15.2 Å². The van der Waals surface area contributed by atoms with Gasteiger partial charge in [0.15, 0.2) is 0 Å². The summed E-state index contributed by atoms with van der Waals surface area (Å²) < 4.78 is 6.00. The molecule has 92 valence electrons. The highest BCUT2D eigenvalue weighted by molar-refractivity contribution is 5.29. The van der Waals surface area contributed by atoms with Gasteiger partial charge in [-0.05, 0) is 37.6 Å². The highest BCUT2D eigenvalue weighted by atomic mass is 16.5. The molecule has 0 saturated carbocycles. The first-order valence-electron chi connectivity index (χ1n) is 5.88. The largest absolute Gasteiger partial charge is 0.508 e. The van der Waals surface area contributed by atoms with Crippen molar-refractivity contribution in [3.05, 3.63) is 23.5 Å². The van der Waals surface area contributed by atoms with Crippen molar-refractivity contribution in [1.29, 1.82) is 0 Å². The number of nitrogens with one attached hydrogen (secondary N) is 1. The fraction of sp³-hybridized carbons (Fsp3) is 0.692. The lowest BCUT2D eigenvalue weighted by Crippen LogP contribution is -2.39. The van der Waals surface area contributed by atoms with E-state index in [4.69, 9.17) is 4.74 Å². The molecule has 0 saturated heterocycles. The highest BCUT2D eigenvalue weighted by Crippen LogP contribution is 2.35. The summed E-state index contributed by atoms with van der Waals surface area (Å²) in [4.78, 5) is 0. The molecule has 0 spiro atoms. The maximum Gasteiger partial charge on any atom is 0.114 e. The van der Waals surface area contributed by atoms with Crippen LogP contribution in [0.1, 0.15) is 27.2 Å². The van der Waals surface area contributed by atoms with Crippen LogP contribution in [0.5, 0.6) is 0 Å². The topological polar surface area (TPSA) is 41.5 Å². The molecule has 0 fully saturated rings. The number of likely N-dealkylation sites (N-methyl/N-ethyl adjacent to an activating group) is 1. The van der Waals surface area contributed by atoms with E-state index in [0.717, 1.165) is 18.5 Å². The van der Waals surface area contributed by atoms with E-state index in [2.05, 4.69) is 19.2 Å². The smallest absolute Gasteiger partial charge is 0.114 e. The van der Waals surface area contributed by atoms with E-state index in [1.54, 1.807) is 6.08 Å². The van der Waals surface area contributed by atoms with Crippen molar-refractivity contribution in [3.8, 4) is 0 Å². The second-order valence-corrected chi connectivity index (χ2v) is 4.74. The molecule has 3 heteroatoms.